The summed E-state index contributed by atoms with van der Waals surface area (Å²) >= 11 is 0. The van der Waals surface area contributed by atoms with Gasteiger partial charge in [0.15, 0.2) is 5.69 Å². The number of carboxylic acids is 1. The summed E-state index contributed by atoms with van der Waals surface area (Å²) in [6.07, 6.45) is 0. The van der Waals surface area contributed by atoms with Crippen LogP contribution >= 0.6 is 0 Å². The minimum absolute atomic E-state index is 0.0715. The average Bonchev–Trinajstić information content (AvgIpc) is 2.71. The Balaban J connectivity index is 1.93. The molecule has 2 aromatic carbocycles. The van der Waals surface area contributed by atoms with Gasteiger partial charge in [-0.1, -0.05) is 59.8 Å². The molecule has 0 spiro atoms. The molecule has 0 aliphatic rings. The fourth-order valence-corrected chi connectivity index (χ4v) is 2.80. The lowest BCUT2D eigenvalue weighted by atomic mass is 10.0. The maximum Gasteiger partial charge on any atom is 0.358 e. The van der Waals surface area contributed by atoms with Crippen LogP contribution in [0.15, 0.2) is 64.5 Å². The number of nitrogens with zero attached hydrogens (tertiary/aromatic N) is 3. The Labute approximate surface area is 159 Å². The van der Waals surface area contributed by atoms with Crippen molar-refractivity contribution in [1.82, 2.24) is 9.55 Å². The van der Waals surface area contributed by atoms with Gasteiger partial charge in [0.1, 0.15) is 11.5 Å². The highest BCUT2D eigenvalue weighted by Crippen LogP contribution is 2.20. The Bertz CT molecular complexity index is 1100. The number of aromatic nitrogens is 2. The molecule has 3 N–H and O–H groups in total. The quantitative estimate of drug-likeness (QED) is 0.355. The number of aryl methyl sites for hydroxylation is 1. The Morgan fingerprint density at radius 2 is 1.68 bits per heavy atom. The molecule has 0 unspecified atom stereocenters. The number of aromatic carboxylic acids is 1. The number of benzene rings is 2. The van der Waals surface area contributed by atoms with Crippen LogP contribution in [0.4, 0.5) is 0 Å². The van der Waals surface area contributed by atoms with Gasteiger partial charge in [0, 0.05) is 5.56 Å². The fourth-order valence-electron chi connectivity index (χ4n) is 2.80. The van der Waals surface area contributed by atoms with E-state index in [-0.39, 0.29) is 18.1 Å². The van der Waals surface area contributed by atoms with Crippen LogP contribution < -0.4 is 5.56 Å². The number of rotatable bonds is 5. The van der Waals surface area contributed by atoms with Crippen molar-refractivity contribution in [3.05, 3.63) is 82.0 Å². The van der Waals surface area contributed by atoms with Crippen LogP contribution in [0.5, 0.6) is 5.75 Å². The smallest absolute Gasteiger partial charge is 0.358 e. The fraction of sp³-hybridized carbons (Fsp3) is 0.100. The van der Waals surface area contributed by atoms with Gasteiger partial charge in [-0.3, -0.25) is 9.36 Å². The zero-order valence-corrected chi connectivity index (χ0v) is 14.9. The molecule has 0 aliphatic heterocycles. The summed E-state index contributed by atoms with van der Waals surface area (Å²) in [6.45, 7) is 1.24. The molecule has 3 rings (SSSR count). The third-order valence-corrected chi connectivity index (χ3v) is 4.29. The lowest BCUT2D eigenvalue weighted by Crippen LogP contribution is -2.29. The molecule has 0 amide bonds. The van der Waals surface area contributed by atoms with E-state index >= 15 is 0 Å². The molecule has 0 saturated carbocycles. The molecule has 28 heavy (non-hydrogen) atoms. The number of aromatic hydroxyl groups is 1. The molecule has 0 radical (unpaired) electrons. The summed E-state index contributed by atoms with van der Waals surface area (Å²) in [6, 6.07) is 16.9. The zero-order chi connectivity index (χ0) is 20.3. The van der Waals surface area contributed by atoms with Crippen molar-refractivity contribution in [2.75, 3.05) is 0 Å². The minimum atomic E-state index is -1.50. The Morgan fingerprint density at radius 3 is 2.25 bits per heavy atom. The largest absolute Gasteiger partial charge is 0.501 e. The summed E-state index contributed by atoms with van der Waals surface area (Å²) in [7, 11) is 0. The van der Waals surface area contributed by atoms with Crippen LogP contribution in [0, 0.1) is 6.92 Å². The van der Waals surface area contributed by atoms with Gasteiger partial charge in [-0.25, -0.2) is 9.78 Å². The highest BCUT2D eigenvalue weighted by molar-refractivity contribution is 6.00. The third-order valence-electron chi connectivity index (χ3n) is 4.29. The lowest BCUT2D eigenvalue weighted by molar-refractivity contribution is 0.0685. The first-order chi connectivity index (χ1) is 13.4. The van der Waals surface area contributed by atoms with E-state index in [2.05, 4.69) is 10.1 Å². The van der Waals surface area contributed by atoms with Crippen molar-refractivity contribution in [3.8, 4) is 16.9 Å². The molecule has 142 valence electrons. The lowest BCUT2D eigenvalue weighted by Gasteiger charge is -2.12. The van der Waals surface area contributed by atoms with Gasteiger partial charge in [-0.05, 0) is 18.1 Å². The van der Waals surface area contributed by atoms with Gasteiger partial charge in [-0.15, -0.1) is 0 Å². The van der Waals surface area contributed by atoms with Crippen molar-refractivity contribution in [2.24, 2.45) is 5.16 Å². The van der Waals surface area contributed by atoms with Gasteiger partial charge in [0.05, 0.1) is 6.54 Å². The third kappa shape index (κ3) is 3.61. The first kappa shape index (κ1) is 18.8. The van der Waals surface area contributed by atoms with E-state index in [1.54, 1.807) is 12.1 Å². The van der Waals surface area contributed by atoms with Crippen molar-refractivity contribution in [1.29, 1.82) is 0 Å². The molecule has 1 aromatic heterocycles. The standard InChI is InChI=1S/C20H17N3O5/c1-12-21-17(20(26)27)18(24)19(25)23(12)11-16(22-28)15-9-7-14(8-10-15)13-5-3-2-4-6-13/h2-10,24,28H,11H2,1H3,(H,26,27). The number of carbonyl (C=O) groups is 1. The van der Waals surface area contributed by atoms with E-state index in [4.69, 9.17) is 5.11 Å². The first-order valence-electron chi connectivity index (χ1n) is 8.33. The second kappa shape index (κ2) is 7.75. The summed E-state index contributed by atoms with van der Waals surface area (Å²) in [5, 5.41) is 31.5. The second-order valence-electron chi connectivity index (χ2n) is 6.04. The highest BCUT2D eigenvalue weighted by Gasteiger charge is 2.20. The second-order valence-corrected chi connectivity index (χ2v) is 6.04. The minimum Gasteiger partial charge on any atom is -0.501 e. The Morgan fingerprint density at radius 1 is 1.07 bits per heavy atom. The van der Waals surface area contributed by atoms with Gasteiger partial charge in [0.2, 0.25) is 5.75 Å². The van der Waals surface area contributed by atoms with E-state index in [9.17, 15) is 19.9 Å². The molecular formula is C20H17N3O5. The molecular weight excluding hydrogens is 362 g/mol. The van der Waals surface area contributed by atoms with Crippen molar-refractivity contribution in [2.45, 2.75) is 13.5 Å². The van der Waals surface area contributed by atoms with E-state index in [1.165, 1.54) is 6.92 Å². The summed E-state index contributed by atoms with van der Waals surface area (Å²) < 4.78 is 1.04. The molecule has 0 aliphatic carbocycles. The monoisotopic (exact) mass is 379 g/mol. The van der Waals surface area contributed by atoms with Crippen LogP contribution in [0.25, 0.3) is 11.1 Å². The van der Waals surface area contributed by atoms with Crippen LogP contribution in [0.2, 0.25) is 0 Å². The first-order valence-corrected chi connectivity index (χ1v) is 8.33. The van der Waals surface area contributed by atoms with Crippen LogP contribution in [-0.2, 0) is 6.54 Å². The molecule has 1 heterocycles. The molecule has 0 atom stereocenters. The topological polar surface area (TPSA) is 125 Å². The van der Waals surface area contributed by atoms with Gasteiger partial charge in [0.25, 0.3) is 5.56 Å². The average molecular weight is 379 g/mol. The van der Waals surface area contributed by atoms with Crippen molar-refractivity contribution < 1.29 is 20.2 Å². The van der Waals surface area contributed by atoms with E-state index in [0.717, 1.165) is 15.7 Å². The number of hydrogen-bond donors (Lipinski definition) is 3. The van der Waals surface area contributed by atoms with E-state index in [1.807, 2.05) is 42.5 Å². The van der Waals surface area contributed by atoms with Crippen LogP contribution in [0.1, 0.15) is 21.9 Å². The number of oxime groups is 1. The summed E-state index contributed by atoms with van der Waals surface area (Å²) in [4.78, 5) is 27.1. The van der Waals surface area contributed by atoms with Crippen molar-refractivity contribution >= 4 is 11.7 Å². The summed E-state index contributed by atoms with van der Waals surface area (Å²) in [5.41, 5.74) is 1.09. The van der Waals surface area contributed by atoms with Gasteiger partial charge in [-0.2, -0.15) is 0 Å². The Kier molecular flexibility index (Phi) is 5.21. The molecule has 3 aromatic rings. The SMILES string of the molecule is Cc1nc(C(=O)O)c(O)c(=O)n1CC(=NO)c1ccc(-c2ccccc2)cc1. The molecule has 8 nitrogen and oxygen atoms in total. The van der Waals surface area contributed by atoms with E-state index < -0.39 is 23.0 Å². The number of hydrogen-bond acceptors (Lipinski definition) is 6. The predicted molar refractivity (Wildman–Crippen MR) is 102 cm³/mol. The normalized spacial score (nSPS) is 11.4. The predicted octanol–water partition coefficient (Wildman–Crippen LogP) is 2.50. The van der Waals surface area contributed by atoms with Crippen LogP contribution in [0.3, 0.4) is 0 Å². The van der Waals surface area contributed by atoms with Crippen molar-refractivity contribution in [3.63, 3.8) is 0 Å². The van der Waals surface area contributed by atoms with Gasteiger partial charge >= 0.3 is 5.97 Å². The maximum atomic E-state index is 12.3. The van der Waals surface area contributed by atoms with Gasteiger partial charge < -0.3 is 15.4 Å². The van der Waals surface area contributed by atoms with E-state index in [0.29, 0.717) is 5.56 Å². The Hall–Kier alpha value is -3.94. The highest BCUT2D eigenvalue weighted by atomic mass is 16.4. The molecule has 0 saturated heterocycles. The van der Waals surface area contributed by atoms with Crippen LogP contribution in [-0.4, -0.2) is 36.7 Å². The zero-order valence-electron chi connectivity index (χ0n) is 14.9. The number of carboxylic acid groups (broad SMARTS) is 1. The molecule has 0 bridgehead atoms. The summed E-state index contributed by atoms with van der Waals surface area (Å²) in [5.74, 6) is -2.39. The maximum absolute atomic E-state index is 12.3. The molecule has 0 fully saturated rings. The molecule has 8 heteroatoms.